The molecular weight excluding hydrogens is 172 g/mol. The van der Waals surface area contributed by atoms with Crippen LogP contribution in [0.2, 0.25) is 0 Å². The summed E-state index contributed by atoms with van der Waals surface area (Å²) in [5, 5.41) is 0. The quantitative estimate of drug-likeness (QED) is 0.577. The fourth-order valence-electron chi connectivity index (χ4n) is 3.49. The van der Waals surface area contributed by atoms with E-state index in [2.05, 4.69) is 20.8 Å². The Bertz CT molecular complexity index is 242. The number of hydrogen-bond donors (Lipinski definition) is 0. The molecule has 0 aromatic rings. The molecule has 1 nitrogen and oxygen atoms in total. The van der Waals surface area contributed by atoms with Crippen molar-refractivity contribution in [2.45, 2.75) is 52.9 Å². The van der Waals surface area contributed by atoms with Gasteiger partial charge in [-0.2, -0.15) is 0 Å². The van der Waals surface area contributed by atoms with Gasteiger partial charge in [-0.1, -0.05) is 33.6 Å². The van der Waals surface area contributed by atoms with Gasteiger partial charge in [0.15, 0.2) is 0 Å². The minimum atomic E-state index is 0.388. The molecular formula is C13H22O. The lowest BCUT2D eigenvalue weighted by atomic mass is 9.54. The maximum Gasteiger partial charge on any atom is 0.136 e. The number of hydrogen-bond acceptors (Lipinski definition) is 1. The smallest absolute Gasteiger partial charge is 0.136 e. The van der Waals surface area contributed by atoms with E-state index in [0.717, 1.165) is 6.42 Å². The largest absolute Gasteiger partial charge is 0.299 e. The Kier molecular flexibility index (Phi) is 2.45. The molecule has 80 valence electrons. The van der Waals surface area contributed by atoms with Crippen LogP contribution >= 0.6 is 0 Å². The van der Waals surface area contributed by atoms with E-state index in [0.29, 0.717) is 29.0 Å². The Morgan fingerprint density at radius 3 is 2.57 bits per heavy atom. The van der Waals surface area contributed by atoms with Crippen LogP contribution < -0.4 is 0 Å². The molecule has 0 aliphatic heterocycles. The molecule has 0 bridgehead atoms. The molecule has 0 radical (unpaired) electrons. The molecule has 0 heterocycles. The molecule has 2 aliphatic carbocycles. The fourth-order valence-corrected chi connectivity index (χ4v) is 3.49. The Labute approximate surface area is 87.3 Å². The van der Waals surface area contributed by atoms with Gasteiger partial charge in [-0.3, -0.25) is 4.79 Å². The molecule has 14 heavy (non-hydrogen) atoms. The first-order valence-corrected chi connectivity index (χ1v) is 6.06. The first-order valence-electron chi connectivity index (χ1n) is 6.06. The first-order chi connectivity index (χ1) is 6.53. The zero-order valence-electron chi connectivity index (χ0n) is 9.68. The minimum Gasteiger partial charge on any atom is -0.299 e. The standard InChI is InChI=1S/C13H22O/c1-9-8-12(14)10-6-4-5-7-11(10)13(9,2)3/h9-11H,4-8H2,1-3H3. The second-order valence-corrected chi connectivity index (χ2v) is 5.89. The second-order valence-electron chi connectivity index (χ2n) is 5.89. The van der Waals surface area contributed by atoms with Gasteiger partial charge in [-0.25, -0.2) is 0 Å². The highest BCUT2D eigenvalue weighted by Gasteiger charge is 2.47. The molecule has 0 aromatic carbocycles. The lowest BCUT2D eigenvalue weighted by Gasteiger charge is -2.49. The van der Waals surface area contributed by atoms with Crippen LogP contribution in [0.25, 0.3) is 0 Å². The molecule has 2 aliphatic rings. The summed E-state index contributed by atoms with van der Waals surface area (Å²) >= 11 is 0. The Morgan fingerprint density at radius 1 is 1.21 bits per heavy atom. The van der Waals surface area contributed by atoms with Crippen molar-refractivity contribution in [1.29, 1.82) is 0 Å². The summed E-state index contributed by atoms with van der Waals surface area (Å²) < 4.78 is 0. The van der Waals surface area contributed by atoms with Crippen molar-refractivity contribution >= 4 is 5.78 Å². The van der Waals surface area contributed by atoms with Crippen LogP contribution in [0.15, 0.2) is 0 Å². The van der Waals surface area contributed by atoms with Gasteiger partial charge in [-0.15, -0.1) is 0 Å². The molecule has 0 saturated heterocycles. The van der Waals surface area contributed by atoms with E-state index >= 15 is 0 Å². The van der Waals surface area contributed by atoms with E-state index in [1.54, 1.807) is 0 Å². The van der Waals surface area contributed by atoms with Crippen molar-refractivity contribution in [1.82, 2.24) is 0 Å². The summed E-state index contributed by atoms with van der Waals surface area (Å²) in [6.07, 6.45) is 5.89. The Morgan fingerprint density at radius 2 is 1.86 bits per heavy atom. The highest BCUT2D eigenvalue weighted by Crippen LogP contribution is 2.51. The normalized spacial score (nSPS) is 41.9. The molecule has 2 saturated carbocycles. The van der Waals surface area contributed by atoms with Crippen LogP contribution in [0.5, 0.6) is 0 Å². The van der Waals surface area contributed by atoms with E-state index in [4.69, 9.17) is 0 Å². The summed E-state index contributed by atoms with van der Waals surface area (Å²) in [4.78, 5) is 11.9. The van der Waals surface area contributed by atoms with E-state index in [1.807, 2.05) is 0 Å². The zero-order valence-corrected chi connectivity index (χ0v) is 9.68. The summed E-state index contributed by atoms with van der Waals surface area (Å²) in [5.74, 6) is 2.22. The summed E-state index contributed by atoms with van der Waals surface area (Å²) in [6.45, 7) is 6.99. The molecule has 3 unspecified atom stereocenters. The fraction of sp³-hybridized carbons (Fsp3) is 0.923. The maximum atomic E-state index is 11.9. The Hall–Kier alpha value is -0.330. The van der Waals surface area contributed by atoms with Crippen molar-refractivity contribution in [3.8, 4) is 0 Å². The molecule has 0 N–H and O–H groups in total. The third-order valence-electron chi connectivity index (χ3n) is 4.91. The van der Waals surface area contributed by atoms with Gasteiger partial charge in [-0.05, 0) is 30.1 Å². The van der Waals surface area contributed by atoms with Gasteiger partial charge in [0.25, 0.3) is 0 Å². The van der Waals surface area contributed by atoms with E-state index < -0.39 is 0 Å². The summed E-state index contributed by atoms with van der Waals surface area (Å²) in [5.41, 5.74) is 0.388. The van der Waals surface area contributed by atoms with E-state index in [-0.39, 0.29) is 0 Å². The SMILES string of the molecule is CC1CC(=O)C2CCCCC2C1(C)C. The number of Topliss-reactive ketones (excluding diaryl/α,β-unsaturated/α-hetero) is 1. The van der Waals surface area contributed by atoms with Gasteiger partial charge < -0.3 is 0 Å². The number of fused-ring (bicyclic) bond motifs is 1. The van der Waals surface area contributed by atoms with Crippen molar-refractivity contribution in [2.24, 2.45) is 23.2 Å². The summed E-state index contributed by atoms with van der Waals surface area (Å²) in [7, 11) is 0. The monoisotopic (exact) mass is 194 g/mol. The predicted octanol–water partition coefficient (Wildman–Crippen LogP) is 3.43. The van der Waals surface area contributed by atoms with Gasteiger partial charge in [0.2, 0.25) is 0 Å². The van der Waals surface area contributed by atoms with Crippen molar-refractivity contribution in [3.05, 3.63) is 0 Å². The molecule has 0 spiro atoms. The minimum absolute atomic E-state index is 0.388. The van der Waals surface area contributed by atoms with Crippen molar-refractivity contribution in [3.63, 3.8) is 0 Å². The molecule has 1 heteroatoms. The number of carbonyl (C=O) groups excluding carboxylic acids is 1. The third kappa shape index (κ3) is 1.41. The highest BCUT2D eigenvalue weighted by atomic mass is 16.1. The van der Waals surface area contributed by atoms with Crippen LogP contribution in [-0.2, 0) is 4.79 Å². The maximum absolute atomic E-state index is 11.9. The molecule has 0 amide bonds. The molecule has 2 rings (SSSR count). The second kappa shape index (κ2) is 3.36. The van der Waals surface area contributed by atoms with Gasteiger partial charge in [0, 0.05) is 12.3 Å². The van der Waals surface area contributed by atoms with Crippen LogP contribution in [0, 0.1) is 23.2 Å². The van der Waals surface area contributed by atoms with Gasteiger partial charge in [0.05, 0.1) is 0 Å². The molecule has 2 fully saturated rings. The summed E-state index contributed by atoms with van der Waals surface area (Å²) in [6, 6.07) is 0. The number of rotatable bonds is 0. The lowest BCUT2D eigenvalue weighted by molar-refractivity contribution is -0.137. The topological polar surface area (TPSA) is 17.1 Å². The average molecular weight is 194 g/mol. The van der Waals surface area contributed by atoms with Crippen LogP contribution in [0.1, 0.15) is 52.9 Å². The highest BCUT2D eigenvalue weighted by molar-refractivity contribution is 5.82. The Balaban J connectivity index is 2.25. The third-order valence-corrected chi connectivity index (χ3v) is 4.91. The number of ketones is 1. The average Bonchev–Trinajstić information content (AvgIpc) is 2.16. The van der Waals surface area contributed by atoms with Gasteiger partial charge >= 0.3 is 0 Å². The zero-order chi connectivity index (χ0) is 10.3. The van der Waals surface area contributed by atoms with Crippen LogP contribution in [0.3, 0.4) is 0 Å². The number of carbonyl (C=O) groups is 1. The van der Waals surface area contributed by atoms with Crippen molar-refractivity contribution < 1.29 is 4.79 Å². The van der Waals surface area contributed by atoms with Crippen LogP contribution in [0.4, 0.5) is 0 Å². The predicted molar refractivity (Wildman–Crippen MR) is 58.0 cm³/mol. The van der Waals surface area contributed by atoms with E-state index in [9.17, 15) is 4.79 Å². The van der Waals surface area contributed by atoms with E-state index in [1.165, 1.54) is 25.7 Å². The van der Waals surface area contributed by atoms with Crippen molar-refractivity contribution in [2.75, 3.05) is 0 Å². The first kappa shape index (κ1) is 10.2. The van der Waals surface area contributed by atoms with Gasteiger partial charge in [0.1, 0.15) is 5.78 Å². The molecule has 3 atom stereocenters. The molecule has 0 aromatic heterocycles. The lowest BCUT2D eigenvalue weighted by Crippen LogP contribution is -2.46. The van der Waals surface area contributed by atoms with Crippen LogP contribution in [-0.4, -0.2) is 5.78 Å².